The van der Waals surface area contributed by atoms with E-state index in [1.54, 1.807) is 0 Å². The summed E-state index contributed by atoms with van der Waals surface area (Å²) in [7, 11) is 2.84. The van der Waals surface area contributed by atoms with Crippen LogP contribution in [-0.4, -0.2) is 6.16 Å². The molecule has 0 aliphatic heterocycles. The number of unbranched alkanes of at least 4 members (excludes halogenated alkanes) is 12. The third-order valence-corrected chi connectivity index (χ3v) is 7.96. The Morgan fingerprint density at radius 1 is 0.371 bits per heavy atom. The molecule has 0 spiro atoms. The Morgan fingerprint density at radius 3 is 0.971 bits per heavy atom. The lowest BCUT2D eigenvalue weighted by atomic mass is 9.66. The zero-order chi connectivity index (χ0) is 24.4. The minimum absolute atomic E-state index is 0.0836. The normalized spacial score (nSPS) is 11.6. The van der Waals surface area contributed by atoms with Gasteiger partial charge in [-0.3, -0.25) is 0 Å². The maximum atomic E-state index is 2.84. The molecule has 0 N–H and O–H groups in total. The van der Waals surface area contributed by atoms with Crippen LogP contribution in [0.25, 0.3) is 0 Å². The zero-order valence-electron chi connectivity index (χ0n) is 21.8. The minimum atomic E-state index is -0.0836. The topological polar surface area (TPSA) is 0 Å². The Labute approximate surface area is 218 Å². The van der Waals surface area contributed by atoms with Gasteiger partial charge in [0.1, 0.15) is 0 Å². The smallest absolute Gasteiger partial charge is 0.0451 e. The van der Waals surface area contributed by atoms with E-state index in [0.717, 1.165) is 6.42 Å². The Kier molecular flexibility index (Phi) is 13.2. The van der Waals surface area contributed by atoms with Crippen molar-refractivity contribution in [2.75, 3.05) is 6.16 Å². The van der Waals surface area contributed by atoms with Crippen molar-refractivity contribution in [3.8, 4) is 0 Å². The predicted molar refractivity (Wildman–Crippen MR) is 158 cm³/mol. The van der Waals surface area contributed by atoms with Crippen molar-refractivity contribution >= 4 is 9.24 Å². The van der Waals surface area contributed by atoms with Crippen LogP contribution in [-0.2, 0) is 5.41 Å². The van der Waals surface area contributed by atoms with E-state index in [1.807, 2.05) is 0 Å². The average molecular weight is 487 g/mol. The van der Waals surface area contributed by atoms with E-state index in [9.17, 15) is 0 Å². The van der Waals surface area contributed by atoms with Gasteiger partial charge in [-0.2, -0.15) is 0 Å². The summed E-state index contributed by atoms with van der Waals surface area (Å²) in [4.78, 5) is 0. The Morgan fingerprint density at radius 2 is 0.657 bits per heavy atom. The first-order valence-corrected chi connectivity index (χ1v) is 15.1. The fraction of sp³-hybridized carbons (Fsp3) is 0.471. The molecule has 1 unspecified atom stereocenters. The van der Waals surface area contributed by atoms with Crippen molar-refractivity contribution in [3.63, 3.8) is 0 Å². The molecule has 0 aliphatic rings. The van der Waals surface area contributed by atoms with Gasteiger partial charge in [0.05, 0.1) is 0 Å². The van der Waals surface area contributed by atoms with E-state index in [1.165, 1.54) is 106 Å². The van der Waals surface area contributed by atoms with Gasteiger partial charge in [0.15, 0.2) is 0 Å². The second-order valence-electron chi connectivity index (χ2n) is 10.1. The summed E-state index contributed by atoms with van der Waals surface area (Å²) in [6.45, 7) is 0. The highest BCUT2D eigenvalue weighted by atomic mass is 31.0. The summed E-state index contributed by atoms with van der Waals surface area (Å²) in [5.41, 5.74) is 4.14. The van der Waals surface area contributed by atoms with E-state index >= 15 is 0 Å². The summed E-state index contributed by atoms with van der Waals surface area (Å²) >= 11 is 0. The zero-order valence-corrected chi connectivity index (χ0v) is 23.0. The molecule has 0 saturated heterocycles. The molecule has 188 valence electrons. The first-order valence-electron chi connectivity index (χ1n) is 14.2. The Hall–Kier alpha value is -1.91. The molecule has 0 bridgehead atoms. The molecular weight excluding hydrogens is 439 g/mol. The van der Waals surface area contributed by atoms with E-state index < -0.39 is 0 Å². The highest BCUT2D eigenvalue weighted by Gasteiger charge is 2.35. The minimum Gasteiger partial charge on any atom is -0.138 e. The first kappa shape index (κ1) is 27.7. The van der Waals surface area contributed by atoms with Crippen molar-refractivity contribution in [2.45, 2.75) is 95.3 Å². The number of rotatable bonds is 18. The summed E-state index contributed by atoms with van der Waals surface area (Å²) in [6, 6.07) is 33.5. The van der Waals surface area contributed by atoms with Gasteiger partial charge in [-0.1, -0.05) is 168 Å². The maximum Gasteiger partial charge on any atom is 0.0451 e. The number of hydrogen-bond donors (Lipinski definition) is 0. The van der Waals surface area contributed by atoms with Gasteiger partial charge in [0.25, 0.3) is 0 Å². The fourth-order valence-electron chi connectivity index (χ4n) is 5.58. The van der Waals surface area contributed by atoms with Crippen LogP contribution in [0.2, 0.25) is 0 Å². The molecule has 3 aromatic rings. The maximum absolute atomic E-state index is 2.84. The van der Waals surface area contributed by atoms with Gasteiger partial charge in [0, 0.05) is 5.41 Å². The van der Waals surface area contributed by atoms with Crippen LogP contribution in [0, 0.1) is 0 Å². The molecule has 35 heavy (non-hydrogen) atoms. The monoisotopic (exact) mass is 486 g/mol. The van der Waals surface area contributed by atoms with Crippen molar-refractivity contribution in [3.05, 3.63) is 108 Å². The lowest BCUT2D eigenvalue weighted by Gasteiger charge is -2.36. The first-order chi connectivity index (χ1) is 17.4. The molecule has 3 rings (SSSR count). The van der Waals surface area contributed by atoms with Gasteiger partial charge in [-0.05, 0) is 35.7 Å². The third kappa shape index (κ3) is 8.91. The quantitative estimate of drug-likeness (QED) is 0.0953. The van der Waals surface area contributed by atoms with Gasteiger partial charge >= 0.3 is 0 Å². The highest BCUT2D eigenvalue weighted by Crippen LogP contribution is 2.43. The summed E-state index contributed by atoms with van der Waals surface area (Å²) in [5, 5.41) is 0. The van der Waals surface area contributed by atoms with Crippen LogP contribution in [0.5, 0.6) is 0 Å². The number of benzene rings is 3. The van der Waals surface area contributed by atoms with E-state index in [0.29, 0.717) is 0 Å². The molecule has 0 heterocycles. The van der Waals surface area contributed by atoms with Gasteiger partial charge in [-0.15, -0.1) is 9.24 Å². The van der Waals surface area contributed by atoms with Crippen molar-refractivity contribution in [1.82, 2.24) is 0 Å². The largest absolute Gasteiger partial charge is 0.138 e. The van der Waals surface area contributed by atoms with Gasteiger partial charge in [0.2, 0.25) is 0 Å². The van der Waals surface area contributed by atoms with Crippen LogP contribution in [0.15, 0.2) is 91.0 Å². The van der Waals surface area contributed by atoms with Crippen LogP contribution in [0.3, 0.4) is 0 Å². The lowest BCUT2D eigenvalue weighted by molar-refractivity contribution is 0.491. The molecule has 0 nitrogen and oxygen atoms in total. The third-order valence-electron chi connectivity index (χ3n) is 7.56. The molecular formula is C34H47P. The second-order valence-corrected chi connectivity index (χ2v) is 10.7. The lowest BCUT2D eigenvalue weighted by Crippen LogP contribution is -2.29. The second kappa shape index (κ2) is 16.7. The van der Waals surface area contributed by atoms with Crippen LogP contribution < -0.4 is 0 Å². The van der Waals surface area contributed by atoms with Crippen molar-refractivity contribution < 1.29 is 0 Å². The van der Waals surface area contributed by atoms with E-state index in [4.69, 9.17) is 0 Å². The van der Waals surface area contributed by atoms with Gasteiger partial charge in [-0.25, -0.2) is 0 Å². The summed E-state index contributed by atoms with van der Waals surface area (Å²) in [6.07, 6.45) is 20.6. The molecule has 0 fully saturated rings. The molecule has 0 saturated carbocycles. The summed E-state index contributed by atoms with van der Waals surface area (Å²) < 4.78 is 0. The molecule has 0 aliphatic carbocycles. The average Bonchev–Trinajstić information content (AvgIpc) is 2.93. The Bertz CT molecular complexity index is 791. The van der Waals surface area contributed by atoms with Gasteiger partial charge < -0.3 is 0 Å². The summed E-state index contributed by atoms with van der Waals surface area (Å²) in [5.74, 6) is 0. The molecule has 0 amide bonds. The van der Waals surface area contributed by atoms with Crippen molar-refractivity contribution in [2.24, 2.45) is 0 Å². The molecule has 0 radical (unpaired) electrons. The van der Waals surface area contributed by atoms with Crippen LogP contribution in [0.4, 0.5) is 0 Å². The standard InChI is InChI=1S/C34H47P/c35-30-22-11-9-7-5-3-1-2-4-6-8-10-21-29-34(31-23-15-12-16-24-31,32-25-17-13-18-26-32)33-27-19-14-20-28-33/h12-20,23-28H,1-11,21-22,29-30,35H2. The SMILES string of the molecule is PCCCCCCCCCCCCCCCC(c1ccccc1)(c1ccccc1)c1ccccc1. The fourth-order valence-corrected chi connectivity index (χ4v) is 5.87. The van der Waals surface area contributed by atoms with Crippen LogP contribution in [0.1, 0.15) is 107 Å². The van der Waals surface area contributed by atoms with E-state index in [2.05, 4.69) is 100 Å². The predicted octanol–water partition coefficient (Wildman–Crippen LogP) is 10.4. The van der Waals surface area contributed by atoms with Crippen LogP contribution >= 0.6 is 9.24 Å². The molecule has 1 heteroatoms. The molecule has 1 atom stereocenters. The van der Waals surface area contributed by atoms with E-state index in [-0.39, 0.29) is 5.41 Å². The highest BCUT2D eigenvalue weighted by molar-refractivity contribution is 7.16. The molecule has 0 aromatic heterocycles. The Balaban J connectivity index is 1.49. The molecule has 3 aromatic carbocycles. The number of hydrogen-bond acceptors (Lipinski definition) is 0. The van der Waals surface area contributed by atoms with Crippen molar-refractivity contribution in [1.29, 1.82) is 0 Å².